The first-order chi connectivity index (χ1) is 26.6. The Labute approximate surface area is 313 Å². The van der Waals surface area contributed by atoms with E-state index < -0.39 is 0 Å². The minimum atomic E-state index is 0.0642. The molecule has 0 aliphatic rings. The van der Waals surface area contributed by atoms with Gasteiger partial charge in [0.05, 0.1) is 5.69 Å². The summed E-state index contributed by atoms with van der Waals surface area (Å²) >= 11 is 0. The summed E-state index contributed by atoms with van der Waals surface area (Å²) in [5, 5.41) is 26.1. The highest BCUT2D eigenvalue weighted by atomic mass is 16.5. The van der Waals surface area contributed by atoms with E-state index in [0.717, 1.165) is 43.8 Å². The highest BCUT2D eigenvalue weighted by molar-refractivity contribution is 6.11. The van der Waals surface area contributed by atoms with Crippen LogP contribution in [0.15, 0.2) is 175 Å². The van der Waals surface area contributed by atoms with Gasteiger partial charge < -0.3 is 24.4 Å². The molecule has 0 amide bonds. The monoisotopic (exact) mass is 707 g/mol. The third-order valence-corrected chi connectivity index (χ3v) is 9.25. The van der Waals surface area contributed by atoms with E-state index in [1.165, 1.54) is 0 Å². The van der Waals surface area contributed by atoms with E-state index in [1.54, 1.807) is 30.5 Å². The van der Waals surface area contributed by atoms with Crippen LogP contribution < -0.4 is 14.2 Å². The predicted molar refractivity (Wildman–Crippen MR) is 216 cm³/mol. The van der Waals surface area contributed by atoms with E-state index in [1.807, 2.05) is 146 Å². The number of phenols is 2. The number of ether oxygens (including phenoxy) is 3. The standard InChI is InChI=1S/C48H37NO5/c50-45-24-21-39(52-32-35-25-40(53-30-33-11-3-1-4-12-33)28-41(26-35)54-31-34-13-5-2-6-14-34)27-38(45)29-49-44-22-19-36-15-7-9-17-42(36)47(44)48-43-18-10-8-16-37(43)20-23-46(48)51/h1-29,50-51H,30-32H2. The maximum Gasteiger partial charge on any atom is 0.124 e. The molecule has 2 N–H and O–H groups in total. The van der Waals surface area contributed by atoms with Gasteiger partial charge in [0, 0.05) is 29.0 Å². The van der Waals surface area contributed by atoms with E-state index in [0.29, 0.717) is 47.3 Å². The first-order valence-corrected chi connectivity index (χ1v) is 17.8. The molecular formula is C48H37NO5. The predicted octanol–water partition coefficient (Wildman–Crippen LogP) is 11.6. The van der Waals surface area contributed by atoms with Gasteiger partial charge in [-0.3, -0.25) is 4.99 Å². The van der Waals surface area contributed by atoms with E-state index >= 15 is 0 Å². The molecule has 0 bridgehead atoms. The highest BCUT2D eigenvalue weighted by Crippen LogP contribution is 2.45. The molecule has 0 unspecified atom stereocenters. The molecule has 0 atom stereocenters. The lowest BCUT2D eigenvalue weighted by Crippen LogP contribution is -2.01. The number of hydrogen-bond donors (Lipinski definition) is 2. The van der Waals surface area contributed by atoms with Crippen LogP contribution in [0, 0.1) is 0 Å². The fraction of sp³-hybridized carbons (Fsp3) is 0.0625. The number of rotatable bonds is 12. The van der Waals surface area contributed by atoms with Crippen molar-refractivity contribution in [3.8, 4) is 39.9 Å². The van der Waals surface area contributed by atoms with Crippen molar-refractivity contribution in [2.75, 3.05) is 0 Å². The van der Waals surface area contributed by atoms with Gasteiger partial charge in [0.1, 0.15) is 48.6 Å². The molecule has 0 radical (unpaired) electrons. The third-order valence-electron chi connectivity index (χ3n) is 9.25. The van der Waals surface area contributed by atoms with Gasteiger partial charge in [0.2, 0.25) is 0 Å². The van der Waals surface area contributed by atoms with Gasteiger partial charge in [0.15, 0.2) is 0 Å². The van der Waals surface area contributed by atoms with Crippen LogP contribution in [0.1, 0.15) is 22.3 Å². The van der Waals surface area contributed by atoms with Crippen molar-refractivity contribution in [1.82, 2.24) is 0 Å². The molecular weight excluding hydrogens is 671 g/mol. The van der Waals surface area contributed by atoms with Crippen LogP contribution in [0.3, 0.4) is 0 Å². The van der Waals surface area contributed by atoms with Crippen molar-refractivity contribution in [2.45, 2.75) is 19.8 Å². The number of aliphatic imine (C=N–C) groups is 1. The molecule has 0 saturated carbocycles. The summed E-state index contributed by atoms with van der Waals surface area (Å²) in [6.45, 7) is 1.08. The largest absolute Gasteiger partial charge is 0.507 e. The van der Waals surface area contributed by atoms with Gasteiger partial charge in [-0.05, 0) is 80.7 Å². The van der Waals surface area contributed by atoms with Crippen LogP contribution in [-0.2, 0) is 19.8 Å². The van der Waals surface area contributed by atoms with E-state index in [4.69, 9.17) is 19.2 Å². The van der Waals surface area contributed by atoms with Crippen LogP contribution in [0.5, 0.6) is 28.7 Å². The maximum absolute atomic E-state index is 11.2. The lowest BCUT2D eigenvalue weighted by molar-refractivity contribution is 0.281. The molecule has 8 aromatic carbocycles. The molecule has 8 rings (SSSR count). The number of aromatic hydroxyl groups is 2. The minimum absolute atomic E-state index is 0.0642. The molecule has 0 fully saturated rings. The zero-order valence-corrected chi connectivity index (χ0v) is 29.4. The minimum Gasteiger partial charge on any atom is -0.507 e. The van der Waals surface area contributed by atoms with E-state index in [-0.39, 0.29) is 18.1 Å². The Morgan fingerprint density at radius 1 is 0.426 bits per heavy atom. The highest BCUT2D eigenvalue weighted by Gasteiger charge is 2.17. The van der Waals surface area contributed by atoms with Gasteiger partial charge in [0.25, 0.3) is 0 Å². The Kier molecular flexibility index (Phi) is 9.89. The van der Waals surface area contributed by atoms with Crippen molar-refractivity contribution < 1.29 is 24.4 Å². The molecule has 8 aromatic rings. The number of benzene rings is 8. The molecule has 0 heterocycles. The average molecular weight is 708 g/mol. The summed E-state index contributed by atoms with van der Waals surface area (Å²) in [7, 11) is 0. The second-order valence-corrected chi connectivity index (χ2v) is 13.0. The summed E-state index contributed by atoms with van der Waals surface area (Å²) in [6.07, 6.45) is 1.63. The van der Waals surface area contributed by atoms with Crippen LogP contribution in [0.2, 0.25) is 0 Å². The quantitative estimate of drug-likeness (QED) is 0.124. The van der Waals surface area contributed by atoms with Gasteiger partial charge in [-0.25, -0.2) is 0 Å². The lowest BCUT2D eigenvalue weighted by atomic mass is 9.92. The average Bonchev–Trinajstić information content (AvgIpc) is 3.22. The van der Waals surface area contributed by atoms with Gasteiger partial charge in [-0.2, -0.15) is 0 Å². The van der Waals surface area contributed by atoms with Crippen molar-refractivity contribution in [3.05, 3.63) is 192 Å². The zero-order valence-electron chi connectivity index (χ0n) is 29.4. The van der Waals surface area contributed by atoms with Gasteiger partial charge >= 0.3 is 0 Å². The summed E-state index contributed by atoms with van der Waals surface area (Å²) in [4.78, 5) is 4.90. The van der Waals surface area contributed by atoms with Crippen molar-refractivity contribution >= 4 is 33.4 Å². The molecule has 0 saturated heterocycles. The van der Waals surface area contributed by atoms with Crippen LogP contribution in [0.4, 0.5) is 5.69 Å². The second kappa shape index (κ2) is 15.7. The third kappa shape index (κ3) is 7.73. The van der Waals surface area contributed by atoms with E-state index in [2.05, 4.69) is 0 Å². The summed E-state index contributed by atoms with van der Waals surface area (Å²) in [5.74, 6) is 2.13. The summed E-state index contributed by atoms with van der Waals surface area (Å²) < 4.78 is 18.6. The van der Waals surface area contributed by atoms with Crippen LogP contribution in [0.25, 0.3) is 32.7 Å². The first kappa shape index (κ1) is 34.1. The summed E-state index contributed by atoms with van der Waals surface area (Å²) in [5.41, 5.74) is 5.65. The second-order valence-electron chi connectivity index (χ2n) is 13.0. The van der Waals surface area contributed by atoms with Gasteiger partial charge in [-0.15, -0.1) is 0 Å². The zero-order chi connectivity index (χ0) is 36.7. The Balaban J connectivity index is 1.07. The smallest absolute Gasteiger partial charge is 0.124 e. The van der Waals surface area contributed by atoms with Crippen molar-refractivity contribution in [3.63, 3.8) is 0 Å². The van der Waals surface area contributed by atoms with Crippen LogP contribution in [-0.4, -0.2) is 16.4 Å². The van der Waals surface area contributed by atoms with Crippen molar-refractivity contribution in [2.24, 2.45) is 4.99 Å². The Morgan fingerprint density at radius 3 is 1.59 bits per heavy atom. The topological polar surface area (TPSA) is 80.5 Å². The summed E-state index contributed by atoms with van der Waals surface area (Å²) in [6, 6.07) is 54.6. The van der Waals surface area contributed by atoms with Crippen molar-refractivity contribution in [1.29, 1.82) is 0 Å². The number of hydrogen-bond acceptors (Lipinski definition) is 6. The Bertz CT molecular complexity index is 2520. The number of phenolic OH excluding ortho intramolecular Hbond substituents is 2. The van der Waals surface area contributed by atoms with Gasteiger partial charge in [-0.1, -0.05) is 121 Å². The molecule has 6 nitrogen and oxygen atoms in total. The Hall–Kier alpha value is -7.05. The van der Waals surface area contributed by atoms with E-state index in [9.17, 15) is 10.2 Å². The maximum atomic E-state index is 11.2. The molecule has 0 spiro atoms. The lowest BCUT2D eigenvalue weighted by Gasteiger charge is -2.15. The first-order valence-electron chi connectivity index (χ1n) is 17.8. The fourth-order valence-electron chi connectivity index (χ4n) is 6.55. The molecule has 54 heavy (non-hydrogen) atoms. The molecule has 264 valence electrons. The number of nitrogens with zero attached hydrogens (tertiary/aromatic N) is 1. The molecule has 6 heteroatoms. The molecule has 0 aliphatic heterocycles. The Morgan fingerprint density at radius 2 is 0.944 bits per heavy atom. The normalized spacial score (nSPS) is 11.3. The molecule has 0 aliphatic carbocycles. The SMILES string of the molecule is Oc1ccc(OCc2cc(OCc3ccccc3)cc(OCc3ccccc3)c2)cc1C=Nc1ccc2ccccc2c1-c1c(O)ccc2ccccc12. The fourth-order valence-corrected chi connectivity index (χ4v) is 6.55. The molecule has 0 aromatic heterocycles. The van der Waals surface area contributed by atoms with Crippen LogP contribution >= 0.6 is 0 Å². The number of fused-ring (bicyclic) bond motifs is 2.